The summed E-state index contributed by atoms with van der Waals surface area (Å²) in [5.41, 5.74) is 1.45. The maximum absolute atomic E-state index is 11.3. The van der Waals surface area contributed by atoms with Crippen LogP contribution in [-0.4, -0.2) is 34.5 Å². The van der Waals surface area contributed by atoms with Crippen LogP contribution in [0.1, 0.15) is 38.7 Å². The van der Waals surface area contributed by atoms with Gasteiger partial charge in [-0.2, -0.15) is 0 Å². The number of nitro groups is 1. The molecule has 0 bridgehead atoms. The van der Waals surface area contributed by atoms with E-state index in [0.717, 1.165) is 43.0 Å². The highest BCUT2D eigenvalue weighted by Crippen LogP contribution is 2.53. The maximum Gasteiger partial charge on any atom is 0.273 e. The first kappa shape index (κ1) is 18.0. The molecule has 1 fully saturated rings. The second-order valence-corrected chi connectivity index (χ2v) is 8.47. The molecule has 5 rings (SSSR count). The predicted octanol–water partition coefficient (Wildman–Crippen LogP) is 4.60. The van der Waals surface area contributed by atoms with Crippen molar-refractivity contribution in [3.8, 4) is 5.75 Å². The summed E-state index contributed by atoms with van der Waals surface area (Å²) in [6, 6.07) is 12.8. The number of nitrogens with one attached hydrogen (secondary N) is 1. The van der Waals surface area contributed by atoms with Gasteiger partial charge >= 0.3 is 0 Å². The Kier molecular flexibility index (Phi) is 3.84. The molecule has 3 aliphatic heterocycles. The van der Waals surface area contributed by atoms with Gasteiger partial charge in [-0.15, -0.1) is 0 Å². The Morgan fingerprint density at radius 3 is 2.62 bits per heavy atom. The third kappa shape index (κ3) is 2.53. The van der Waals surface area contributed by atoms with E-state index in [1.54, 1.807) is 6.07 Å². The monoisotopic (exact) mass is 392 g/mol. The Morgan fingerprint density at radius 1 is 1.14 bits per heavy atom. The van der Waals surface area contributed by atoms with Crippen molar-refractivity contribution in [2.24, 2.45) is 4.99 Å². The highest BCUT2D eigenvalue weighted by molar-refractivity contribution is 6.01. The zero-order valence-corrected chi connectivity index (χ0v) is 16.6. The first-order valence-corrected chi connectivity index (χ1v) is 10.1. The van der Waals surface area contributed by atoms with Gasteiger partial charge in [-0.25, -0.2) is 4.99 Å². The number of fused-ring (bicyclic) bond motifs is 2. The molecule has 0 radical (unpaired) electrons. The number of aliphatic imine (C=N–C) groups is 1. The number of ether oxygens (including phenoxy) is 1. The molecule has 1 saturated heterocycles. The second-order valence-electron chi connectivity index (χ2n) is 8.47. The van der Waals surface area contributed by atoms with Crippen LogP contribution in [0.25, 0.3) is 0 Å². The molecule has 0 aliphatic carbocycles. The largest absolute Gasteiger partial charge is 0.457 e. The zero-order chi connectivity index (χ0) is 20.2. The number of likely N-dealkylation sites (tertiary alicyclic amines) is 1. The van der Waals surface area contributed by atoms with Crippen molar-refractivity contribution in [3.63, 3.8) is 0 Å². The van der Waals surface area contributed by atoms with E-state index in [1.165, 1.54) is 18.6 Å². The Bertz CT molecular complexity index is 1030. The lowest BCUT2D eigenvalue weighted by Gasteiger charge is -2.48. The van der Waals surface area contributed by atoms with Crippen LogP contribution in [0, 0.1) is 10.1 Å². The zero-order valence-electron chi connectivity index (χ0n) is 16.6. The van der Waals surface area contributed by atoms with Gasteiger partial charge in [0.25, 0.3) is 5.69 Å². The average molecular weight is 392 g/mol. The summed E-state index contributed by atoms with van der Waals surface area (Å²) in [6.45, 7) is 6.15. The number of amidine groups is 1. The molecule has 0 aromatic heterocycles. The summed E-state index contributed by atoms with van der Waals surface area (Å²) in [6.07, 6.45) is 3.46. The maximum atomic E-state index is 11.3. The highest BCUT2D eigenvalue weighted by Gasteiger charge is 2.61. The minimum atomic E-state index is -0.920. The van der Waals surface area contributed by atoms with Crippen LogP contribution in [0.4, 0.5) is 17.1 Å². The van der Waals surface area contributed by atoms with Gasteiger partial charge in [0.1, 0.15) is 5.69 Å². The highest BCUT2D eigenvalue weighted by atomic mass is 16.6. The Morgan fingerprint density at radius 2 is 1.90 bits per heavy atom. The first-order chi connectivity index (χ1) is 13.9. The minimum absolute atomic E-state index is 0.00356. The molecule has 1 N–H and O–H groups in total. The molecule has 3 heterocycles. The van der Waals surface area contributed by atoms with Crippen LogP contribution >= 0.6 is 0 Å². The lowest BCUT2D eigenvalue weighted by atomic mass is 9.76. The van der Waals surface area contributed by atoms with Crippen molar-refractivity contribution < 1.29 is 9.66 Å². The normalized spacial score (nSPS) is 24.2. The van der Waals surface area contributed by atoms with E-state index in [-0.39, 0.29) is 5.69 Å². The molecule has 0 unspecified atom stereocenters. The molecule has 2 aromatic rings. The van der Waals surface area contributed by atoms with Gasteiger partial charge in [0.2, 0.25) is 5.72 Å². The van der Waals surface area contributed by atoms with Crippen molar-refractivity contribution in [2.45, 2.75) is 44.2 Å². The molecule has 0 saturated carbocycles. The molecular formula is C22H24N4O3. The summed E-state index contributed by atoms with van der Waals surface area (Å²) in [5, 5.41) is 14.9. The number of benzene rings is 2. The molecular weight excluding hydrogens is 368 g/mol. The summed E-state index contributed by atoms with van der Waals surface area (Å²) in [7, 11) is 0. The van der Waals surface area contributed by atoms with Gasteiger partial charge < -0.3 is 15.0 Å². The van der Waals surface area contributed by atoms with Gasteiger partial charge in [0, 0.05) is 24.8 Å². The summed E-state index contributed by atoms with van der Waals surface area (Å²) >= 11 is 0. The molecule has 1 spiro atoms. The molecule has 7 heteroatoms. The summed E-state index contributed by atoms with van der Waals surface area (Å²) in [4.78, 5) is 18.2. The van der Waals surface area contributed by atoms with Crippen LogP contribution in [0.5, 0.6) is 5.75 Å². The molecule has 7 nitrogen and oxygen atoms in total. The molecule has 29 heavy (non-hydrogen) atoms. The molecule has 0 amide bonds. The van der Waals surface area contributed by atoms with E-state index in [0.29, 0.717) is 11.4 Å². The van der Waals surface area contributed by atoms with E-state index in [1.807, 2.05) is 18.2 Å². The Labute approximate surface area is 169 Å². The third-order valence-corrected chi connectivity index (χ3v) is 6.41. The lowest BCUT2D eigenvalue weighted by molar-refractivity contribution is -0.385. The summed E-state index contributed by atoms with van der Waals surface area (Å²) < 4.78 is 6.65. The number of non-ortho nitro benzene ring substituents is 1. The smallest absolute Gasteiger partial charge is 0.273 e. The summed E-state index contributed by atoms with van der Waals surface area (Å²) in [5.74, 6) is 1.30. The van der Waals surface area contributed by atoms with E-state index in [4.69, 9.17) is 9.73 Å². The number of rotatable bonds is 1. The average Bonchev–Trinajstić information content (AvgIpc) is 2.94. The van der Waals surface area contributed by atoms with Gasteiger partial charge in [-0.3, -0.25) is 10.1 Å². The van der Waals surface area contributed by atoms with E-state index >= 15 is 0 Å². The van der Waals surface area contributed by atoms with Crippen molar-refractivity contribution in [1.29, 1.82) is 0 Å². The number of hydrogen-bond acceptors (Lipinski definition) is 6. The number of anilines is 1. The van der Waals surface area contributed by atoms with Crippen molar-refractivity contribution in [1.82, 2.24) is 4.90 Å². The standard InChI is InChI=1S/C22H24N4O3/c1-21(2)16-8-4-5-9-17(16)24-22(21)20(25-12-6-3-7-13-25)23-18-11-10-15(26(27)28)14-19(18)29-22/h4-5,8-11,14,24H,3,6-7,12-13H2,1-2H3/t22-/m1/s1. The van der Waals surface area contributed by atoms with Crippen LogP contribution in [0.2, 0.25) is 0 Å². The number of piperidine rings is 1. The quantitative estimate of drug-likeness (QED) is 0.567. The lowest BCUT2D eigenvalue weighted by Crippen LogP contribution is -2.65. The van der Waals surface area contributed by atoms with Gasteiger partial charge in [0.05, 0.1) is 16.4 Å². The number of nitrogens with zero attached hydrogens (tertiary/aromatic N) is 3. The van der Waals surface area contributed by atoms with E-state index in [9.17, 15) is 10.1 Å². The van der Waals surface area contributed by atoms with Crippen molar-refractivity contribution in [3.05, 3.63) is 58.1 Å². The fraction of sp³-hybridized carbons (Fsp3) is 0.409. The third-order valence-electron chi connectivity index (χ3n) is 6.41. The Hall–Kier alpha value is -3.09. The molecule has 3 aliphatic rings. The molecule has 150 valence electrons. The van der Waals surface area contributed by atoms with Crippen LogP contribution in [0.3, 0.4) is 0 Å². The minimum Gasteiger partial charge on any atom is -0.457 e. The SMILES string of the molecule is CC1(C)c2ccccc2N[C@]12Oc1cc([N+](=O)[O-])ccc1N=C2N1CCCCC1. The van der Waals surface area contributed by atoms with Gasteiger partial charge in [0.15, 0.2) is 11.6 Å². The predicted molar refractivity (Wildman–Crippen MR) is 112 cm³/mol. The molecule has 1 atom stereocenters. The topological polar surface area (TPSA) is 80.0 Å². The van der Waals surface area contributed by atoms with Gasteiger partial charge in [-0.1, -0.05) is 18.2 Å². The van der Waals surface area contributed by atoms with Crippen molar-refractivity contribution >= 4 is 22.9 Å². The fourth-order valence-electron chi connectivity index (χ4n) is 4.75. The van der Waals surface area contributed by atoms with E-state index in [2.05, 4.69) is 30.1 Å². The first-order valence-electron chi connectivity index (χ1n) is 10.1. The van der Waals surface area contributed by atoms with E-state index < -0.39 is 16.1 Å². The van der Waals surface area contributed by atoms with Crippen LogP contribution < -0.4 is 10.1 Å². The van der Waals surface area contributed by atoms with Crippen LogP contribution in [-0.2, 0) is 5.41 Å². The number of para-hydroxylation sites is 1. The van der Waals surface area contributed by atoms with Gasteiger partial charge in [-0.05, 0) is 50.8 Å². The number of nitro benzene ring substituents is 1. The number of hydrogen-bond donors (Lipinski definition) is 1. The second kappa shape index (κ2) is 6.20. The Balaban J connectivity index is 1.70. The molecule has 2 aromatic carbocycles. The fourth-order valence-corrected chi connectivity index (χ4v) is 4.75. The van der Waals surface area contributed by atoms with Crippen molar-refractivity contribution in [2.75, 3.05) is 18.4 Å². The van der Waals surface area contributed by atoms with Crippen LogP contribution in [0.15, 0.2) is 47.5 Å².